The zero-order valence-electron chi connectivity index (χ0n) is 15.5. The zero-order chi connectivity index (χ0) is 19.7. The molecule has 3 aromatic rings. The van der Waals surface area contributed by atoms with E-state index >= 15 is 0 Å². The van der Waals surface area contributed by atoms with Crippen LogP contribution in [-0.4, -0.2) is 39.1 Å². The average molecular weight is 379 g/mol. The summed E-state index contributed by atoms with van der Waals surface area (Å²) in [5, 5.41) is 10.1. The van der Waals surface area contributed by atoms with E-state index in [0.717, 1.165) is 16.6 Å². The number of pyridine rings is 1. The predicted molar refractivity (Wildman–Crippen MR) is 106 cm³/mol. The van der Waals surface area contributed by atoms with Gasteiger partial charge in [-0.1, -0.05) is 18.2 Å². The molecule has 4 rings (SSSR count). The van der Waals surface area contributed by atoms with Crippen LogP contribution in [0.15, 0.2) is 36.7 Å². The van der Waals surface area contributed by atoms with Crippen LogP contribution in [0.1, 0.15) is 18.5 Å². The van der Waals surface area contributed by atoms with E-state index in [9.17, 15) is 4.79 Å². The summed E-state index contributed by atoms with van der Waals surface area (Å²) in [4.78, 5) is 26.2. The molecule has 2 aromatic heterocycles. The van der Waals surface area contributed by atoms with Crippen LogP contribution in [0.25, 0.3) is 10.9 Å². The first-order valence-electron chi connectivity index (χ1n) is 9.15. The van der Waals surface area contributed by atoms with Crippen LogP contribution in [0, 0.1) is 12.8 Å². The van der Waals surface area contributed by atoms with Crippen LogP contribution >= 0.6 is 0 Å². The van der Waals surface area contributed by atoms with Crippen LogP contribution in [0.5, 0.6) is 11.6 Å². The molecule has 1 aliphatic heterocycles. The van der Waals surface area contributed by atoms with Gasteiger partial charge in [-0.2, -0.15) is 4.98 Å². The van der Waals surface area contributed by atoms with Crippen molar-refractivity contribution in [3.05, 3.63) is 42.4 Å². The van der Waals surface area contributed by atoms with E-state index in [1.165, 1.54) is 6.33 Å². The van der Waals surface area contributed by atoms with Crippen molar-refractivity contribution in [2.75, 3.05) is 23.7 Å². The monoisotopic (exact) mass is 379 g/mol. The Morgan fingerprint density at radius 2 is 2.00 bits per heavy atom. The normalized spacial score (nSPS) is 15.0. The molecule has 28 heavy (non-hydrogen) atoms. The number of carboxylic acid groups (broad SMARTS) is 1. The van der Waals surface area contributed by atoms with E-state index in [2.05, 4.69) is 15.0 Å². The minimum atomic E-state index is -0.752. The smallest absolute Gasteiger partial charge is 0.306 e. The lowest BCUT2D eigenvalue weighted by atomic mass is 9.97. The number of nitrogens with two attached hydrogens (primary N) is 1. The van der Waals surface area contributed by atoms with Crippen LogP contribution in [0.3, 0.4) is 0 Å². The highest BCUT2D eigenvalue weighted by Crippen LogP contribution is 2.35. The molecule has 0 bridgehead atoms. The van der Waals surface area contributed by atoms with E-state index in [-0.39, 0.29) is 11.8 Å². The average Bonchev–Trinajstić information content (AvgIpc) is 2.70. The van der Waals surface area contributed by atoms with Gasteiger partial charge in [0, 0.05) is 24.2 Å². The fourth-order valence-electron chi connectivity index (χ4n) is 3.45. The van der Waals surface area contributed by atoms with Crippen LogP contribution in [-0.2, 0) is 4.79 Å². The lowest BCUT2D eigenvalue weighted by Gasteiger charge is -2.31. The Kier molecular flexibility index (Phi) is 4.68. The number of aromatic nitrogens is 3. The number of aryl methyl sites for hydroxylation is 1. The first-order chi connectivity index (χ1) is 13.5. The number of hydrogen-bond acceptors (Lipinski definition) is 7. The van der Waals surface area contributed by atoms with E-state index in [1.54, 1.807) is 0 Å². The van der Waals surface area contributed by atoms with E-state index in [4.69, 9.17) is 15.6 Å². The number of piperidine rings is 1. The maximum Gasteiger partial charge on any atom is 0.306 e. The molecule has 8 heteroatoms. The summed E-state index contributed by atoms with van der Waals surface area (Å²) in [6, 6.07) is 9.63. The second kappa shape index (κ2) is 7.30. The molecule has 1 fully saturated rings. The first-order valence-corrected chi connectivity index (χ1v) is 9.15. The van der Waals surface area contributed by atoms with Crippen molar-refractivity contribution < 1.29 is 14.6 Å². The highest BCUT2D eigenvalue weighted by Gasteiger charge is 2.27. The number of hydrogen-bond donors (Lipinski definition) is 2. The van der Waals surface area contributed by atoms with Crippen molar-refractivity contribution in [1.82, 2.24) is 15.0 Å². The molecule has 0 aliphatic carbocycles. The molecule has 0 spiro atoms. The Hall–Kier alpha value is -3.42. The summed E-state index contributed by atoms with van der Waals surface area (Å²) in [7, 11) is 0. The van der Waals surface area contributed by atoms with Gasteiger partial charge in [-0.05, 0) is 31.9 Å². The highest BCUT2D eigenvalue weighted by atomic mass is 16.5. The number of aliphatic carboxylic acids is 1. The Morgan fingerprint density at radius 3 is 2.75 bits per heavy atom. The highest BCUT2D eigenvalue weighted by molar-refractivity contribution is 5.85. The minimum Gasteiger partial charge on any atom is -0.481 e. The quantitative estimate of drug-likeness (QED) is 0.711. The van der Waals surface area contributed by atoms with Gasteiger partial charge in [0.25, 0.3) is 0 Å². The molecule has 0 unspecified atom stereocenters. The minimum absolute atomic E-state index is 0.265. The van der Waals surface area contributed by atoms with Gasteiger partial charge < -0.3 is 20.5 Å². The molecule has 0 saturated carbocycles. The number of nitrogen functional groups attached to an aromatic ring is 1. The zero-order valence-corrected chi connectivity index (χ0v) is 15.5. The van der Waals surface area contributed by atoms with Gasteiger partial charge in [0.15, 0.2) is 11.6 Å². The number of ether oxygens (including phenoxy) is 1. The molecule has 1 aromatic carbocycles. The Labute approximate surface area is 162 Å². The number of para-hydroxylation sites is 1. The molecule has 0 atom stereocenters. The van der Waals surface area contributed by atoms with Crippen LogP contribution in [0.2, 0.25) is 0 Å². The van der Waals surface area contributed by atoms with Crippen molar-refractivity contribution in [2.45, 2.75) is 19.8 Å². The molecule has 3 heterocycles. The second-order valence-corrected chi connectivity index (χ2v) is 6.90. The van der Waals surface area contributed by atoms with Gasteiger partial charge in [0.05, 0.1) is 5.92 Å². The van der Waals surface area contributed by atoms with Crippen LogP contribution in [0.4, 0.5) is 11.5 Å². The molecule has 0 amide bonds. The standard InChI is InChI=1S/C20H21N5O3/c1-12-5-6-13-3-2-4-15(17(13)24-12)28-19-16(21)18(22-11-23-19)25-9-7-14(8-10-25)20(26)27/h2-6,11,14H,7-10,21H2,1H3,(H,26,27). The van der Waals surface area contributed by atoms with Gasteiger partial charge in [-0.15, -0.1) is 0 Å². The molecule has 3 N–H and O–H groups in total. The van der Waals surface area contributed by atoms with Crippen molar-refractivity contribution >= 4 is 28.4 Å². The van der Waals surface area contributed by atoms with Gasteiger partial charge in [-0.25, -0.2) is 9.97 Å². The van der Waals surface area contributed by atoms with Gasteiger partial charge in [0.2, 0.25) is 5.88 Å². The van der Waals surface area contributed by atoms with Gasteiger partial charge in [-0.3, -0.25) is 4.79 Å². The van der Waals surface area contributed by atoms with E-state index in [1.807, 2.05) is 42.2 Å². The third-order valence-corrected chi connectivity index (χ3v) is 5.00. The fraction of sp³-hybridized carbons (Fsp3) is 0.300. The number of fused-ring (bicyclic) bond motifs is 1. The maximum absolute atomic E-state index is 11.2. The predicted octanol–water partition coefficient (Wildman–Crippen LogP) is 3.01. The Morgan fingerprint density at radius 1 is 1.21 bits per heavy atom. The molecule has 1 saturated heterocycles. The van der Waals surface area contributed by atoms with Crippen molar-refractivity contribution in [1.29, 1.82) is 0 Å². The number of carbonyl (C=O) groups is 1. The van der Waals surface area contributed by atoms with E-state index < -0.39 is 5.97 Å². The largest absolute Gasteiger partial charge is 0.481 e. The summed E-state index contributed by atoms with van der Waals surface area (Å²) in [6.45, 7) is 3.08. The van der Waals surface area contributed by atoms with Gasteiger partial charge in [0.1, 0.15) is 17.5 Å². The number of benzene rings is 1. The summed E-state index contributed by atoms with van der Waals surface area (Å²) in [6.07, 6.45) is 2.52. The number of carboxylic acids is 1. The molecular weight excluding hydrogens is 358 g/mol. The summed E-state index contributed by atoms with van der Waals surface area (Å²) < 4.78 is 6.01. The summed E-state index contributed by atoms with van der Waals surface area (Å²) in [5.41, 5.74) is 8.27. The number of rotatable bonds is 4. The number of nitrogens with zero attached hydrogens (tertiary/aromatic N) is 4. The lowest BCUT2D eigenvalue weighted by Crippen LogP contribution is -2.37. The van der Waals surface area contributed by atoms with E-state index in [0.29, 0.717) is 43.2 Å². The third-order valence-electron chi connectivity index (χ3n) is 5.00. The number of anilines is 2. The molecular formula is C20H21N5O3. The molecule has 144 valence electrons. The molecule has 8 nitrogen and oxygen atoms in total. The maximum atomic E-state index is 11.2. The molecule has 1 aliphatic rings. The van der Waals surface area contributed by atoms with Gasteiger partial charge >= 0.3 is 5.97 Å². The fourth-order valence-corrected chi connectivity index (χ4v) is 3.45. The topological polar surface area (TPSA) is 114 Å². The van der Waals surface area contributed by atoms with Crippen LogP contribution < -0.4 is 15.4 Å². The van der Waals surface area contributed by atoms with Crippen molar-refractivity contribution in [2.24, 2.45) is 5.92 Å². The first kappa shape index (κ1) is 18.0. The van der Waals surface area contributed by atoms with Crippen molar-refractivity contribution in [3.8, 4) is 11.6 Å². The third kappa shape index (κ3) is 3.40. The van der Waals surface area contributed by atoms with Crippen molar-refractivity contribution in [3.63, 3.8) is 0 Å². The lowest BCUT2D eigenvalue weighted by molar-refractivity contribution is -0.142. The Balaban J connectivity index is 1.62. The SMILES string of the molecule is Cc1ccc2cccc(Oc3ncnc(N4CCC(C(=O)O)CC4)c3N)c2n1. The Bertz CT molecular complexity index is 1030. The second-order valence-electron chi connectivity index (χ2n) is 6.90. The summed E-state index contributed by atoms with van der Waals surface area (Å²) in [5.74, 6) is 0.333. The summed E-state index contributed by atoms with van der Waals surface area (Å²) >= 11 is 0. The molecule has 0 radical (unpaired) electrons.